The van der Waals surface area contributed by atoms with Gasteiger partial charge in [0.25, 0.3) is 0 Å². The highest BCUT2D eigenvalue weighted by Crippen LogP contribution is 2.30. The summed E-state index contributed by atoms with van der Waals surface area (Å²) in [5.41, 5.74) is 0.818. The van der Waals surface area contributed by atoms with Crippen LogP contribution in [0.5, 0.6) is 5.75 Å². The minimum Gasteiger partial charge on any atom is -0.496 e. The summed E-state index contributed by atoms with van der Waals surface area (Å²) in [4.78, 5) is 3.06. The van der Waals surface area contributed by atoms with E-state index in [1.165, 1.54) is 0 Å². The van der Waals surface area contributed by atoms with Crippen molar-refractivity contribution in [1.29, 1.82) is 0 Å². The fraction of sp³-hybridized carbons (Fsp3) is 0.100. The van der Waals surface area contributed by atoms with Gasteiger partial charge in [-0.25, -0.2) is 0 Å². The van der Waals surface area contributed by atoms with Gasteiger partial charge in [-0.05, 0) is 18.2 Å². The molecule has 0 fully saturated rings. The van der Waals surface area contributed by atoms with E-state index in [1.54, 1.807) is 19.4 Å². The Hall–Kier alpha value is -1.06. The quantitative estimate of drug-likeness (QED) is 0.751. The second-order valence-corrected chi connectivity index (χ2v) is 3.69. The van der Waals surface area contributed by atoms with Gasteiger partial charge in [0.05, 0.1) is 27.5 Å². The Labute approximate surface area is 91.5 Å². The molecule has 72 valence electrons. The van der Waals surface area contributed by atoms with Gasteiger partial charge in [0.1, 0.15) is 5.75 Å². The predicted octanol–water partition coefficient (Wildman–Crippen LogP) is 3.56. The maximum atomic E-state index is 6.02. The van der Waals surface area contributed by atoms with Crippen molar-refractivity contribution in [2.24, 2.45) is 0 Å². The Bertz CT molecular complexity index is 535. The zero-order valence-electron chi connectivity index (χ0n) is 7.50. The molecular formula is C10H8ClNOS. The molecule has 0 aliphatic rings. The van der Waals surface area contributed by atoms with Crippen molar-refractivity contribution in [3.8, 4) is 5.75 Å². The fourth-order valence-electron chi connectivity index (χ4n) is 1.40. The normalized spacial score (nSPS) is 10.4. The molecule has 0 saturated heterocycles. The molecule has 0 saturated carbocycles. The van der Waals surface area contributed by atoms with Crippen LogP contribution in [-0.4, -0.2) is 12.1 Å². The molecule has 0 bridgehead atoms. The van der Waals surface area contributed by atoms with Crippen molar-refractivity contribution in [2.75, 3.05) is 7.11 Å². The Morgan fingerprint density at radius 3 is 2.86 bits per heavy atom. The maximum Gasteiger partial charge on any atom is 0.129 e. The number of hydrogen-bond acceptors (Lipinski definition) is 2. The molecule has 1 heterocycles. The molecule has 1 N–H and O–H groups in total. The van der Waals surface area contributed by atoms with E-state index in [-0.39, 0.29) is 0 Å². The molecule has 0 spiro atoms. The molecule has 0 atom stereocenters. The molecule has 4 heteroatoms. The Kier molecular flexibility index (Phi) is 2.44. The van der Waals surface area contributed by atoms with Gasteiger partial charge in [-0.2, -0.15) is 0 Å². The SMILES string of the molecule is COc1ccc(Cl)c2[nH]ccc(=S)c12. The van der Waals surface area contributed by atoms with Gasteiger partial charge in [-0.3, -0.25) is 0 Å². The molecule has 0 aliphatic heterocycles. The number of benzene rings is 1. The molecule has 0 amide bonds. The monoisotopic (exact) mass is 225 g/mol. The number of aromatic nitrogens is 1. The van der Waals surface area contributed by atoms with Gasteiger partial charge >= 0.3 is 0 Å². The second-order valence-electron chi connectivity index (χ2n) is 2.84. The number of nitrogens with one attached hydrogen (secondary N) is 1. The van der Waals surface area contributed by atoms with Crippen molar-refractivity contribution in [3.63, 3.8) is 0 Å². The number of hydrogen-bond donors (Lipinski definition) is 1. The summed E-state index contributed by atoms with van der Waals surface area (Å²) >= 11 is 11.2. The van der Waals surface area contributed by atoms with Crippen molar-refractivity contribution in [1.82, 2.24) is 4.98 Å². The van der Waals surface area contributed by atoms with Gasteiger partial charge in [0.2, 0.25) is 0 Å². The molecule has 0 radical (unpaired) electrons. The summed E-state index contributed by atoms with van der Waals surface area (Å²) in [6, 6.07) is 5.42. The van der Waals surface area contributed by atoms with Crippen LogP contribution in [0.25, 0.3) is 10.9 Å². The molecule has 14 heavy (non-hydrogen) atoms. The summed E-state index contributed by atoms with van der Waals surface area (Å²) in [6.07, 6.45) is 1.77. The van der Waals surface area contributed by atoms with Crippen LogP contribution in [0.2, 0.25) is 5.02 Å². The summed E-state index contributed by atoms with van der Waals surface area (Å²) in [7, 11) is 1.62. The van der Waals surface area contributed by atoms with E-state index in [1.807, 2.05) is 12.1 Å². The molecule has 2 nitrogen and oxygen atoms in total. The van der Waals surface area contributed by atoms with Crippen LogP contribution in [0.3, 0.4) is 0 Å². The molecule has 2 aromatic rings. The molecule has 0 aliphatic carbocycles. The number of pyridine rings is 1. The highest BCUT2D eigenvalue weighted by Gasteiger charge is 2.05. The lowest BCUT2D eigenvalue weighted by Gasteiger charge is -2.06. The van der Waals surface area contributed by atoms with E-state index in [9.17, 15) is 0 Å². The summed E-state index contributed by atoms with van der Waals surface area (Å²) in [6.45, 7) is 0. The third-order valence-electron chi connectivity index (χ3n) is 2.04. The second kappa shape index (κ2) is 3.59. The van der Waals surface area contributed by atoms with Crippen LogP contribution in [0.1, 0.15) is 0 Å². The topological polar surface area (TPSA) is 25.0 Å². The Morgan fingerprint density at radius 2 is 2.14 bits per heavy atom. The average Bonchev–Trinajstić information content (AvgIpc) is 2.20. The van der Waals surface area contributed by atoms with Gasteiger partial charge in [0.15, 0.2) is 0 Å². The zero-order chi connectivity index (χ0) is 10.1. The zero-order valence-corrected chi connectivity index (χ0v) is 9.08. The van der Waals surface area contributed by atoms with E-state index in [0.29, 0.717) is 5.02 Å². The van der Waals surface area contributed by atoms with E-state index < -0.39 is 0 Å². The highest BCUT2D eigenvalue weighted by molar-refractivity contribution is 7.71. The first kappa shape index (κ1) is 9.49. The van der Waals surface area contributed by atoms with Crippen molar-refractivity contribution in [3.05, 3.63) is 33.9 Å². The van der Waals surface area contributed by atoms with E-state index in [0.717, 1.165) is 21.2 Å². The summed E-state index contributed by atoms with van der Waals surface area (Å²) in [5, 5.41) is 1.50. The largest absolute Gasteiger partial charge is 0.496 e. The lowest BCUT2D eigenvalue weighted by molar-refractivity contribution is 0.419. The van der Waals surface area contributed by atoms with Crippen LogP contribution in [0.4, 0.5) is 0 Å². The Morgan fingerprint density at radius 1 is 1.36 bits per heavy atom. The van der Waals surface area contributed by atoms with E-state index >= 15 is 0 Å². The molecule has 2 rings (SSSR count). The smallest absolute Gasteiger partial charge is 0.129 e. The number of methoxy groups -OCH3 is 1. The van der Waals surface area contributed by atoms with Crippen LogP contribution in [-0.2, 0) is 0 Å². The molecule has 1 aromatic carbocycles. The third kappa shape index (κ3) is 1.38. The molecule has 0 unspecified atom stereocenters. The van der Waals surface area contributed by atoms with Crippen molar-refractivity contribution >= 4 is 34.7 Å². The number of rotatable bonds is 1. The van der Waals surface area contributed by atoms with Gasteiger partial charge in [0, 0.05) is 6.20 Å². The first-order valence-electron chi connectivity index (χ1n) is 4.08. The number of ether oxygens (including phenoxy) is 1. The molecular weight excluding hydrogens is 218 g/mol. The van der Waals surface area contributed by atoms with Gasteiger partial charge < -0.3 is 9.72 Å². The number of H-pyrrole nitrogens is 1. The first-order chi connectivity index (χ1) is 6.74. The van der Waals surface area contributed by atoms with Crippen LogP contribution >= 0.6 is 23.8 Å². The van der Waals surface area contributed by atoms with Gasteiger partial charge in [-0.1, -0.05) is 23.8 Å². The van der Waals surface area contributed by atoms with E-state index in [4.69, 9.17) is 28.6 Å². The van der Waals surface area contributed by atoms with Gasteiger partial charge in [-0.15, -0.1) is 0 Å². The average molecular weight is 226 g/mol. The van der Waals surface area contributed by atoms with Crippen LogP contribution < -0.4 is 4.74 Å². The highest BCUT2D eigenvalue weighted by atomic mass is 35.5. The standard InChI is InChI=1S/C10H8ClNOS/c1-13-7-3-2-6(11)10-9(7)8(14)4-5-12-10/h2-5H,1H3,(H,12,14). The maximum absolute atomic E-state index is 6.02. The third-order valence-corrected chi connectivity index (χ3v) is 2.70. The van der Waals surface area contributed by atoms with Crippen LogP contribution in [0, 0.1) is 4.51 Å². The lowest BCUT2D eigenvalue weighted by Crippen LogP contribution is -1.87. The van der Waals surface area contributed by atoms with Crippen molar-refractivity contribution in [2.45, 2.75) is 0 Å². The van der Waals surface area contributed by atoms with Crippen LogP contribution in [0.15, 0.2) is 24.4 Å². The Balaban J connectivity index is 3.00. The minimum absolute atomic E-state index is 0.646. The summed E-state index contributed by atoms with van der Waals surface area (Å²) in [5.74, 6) is 0.742. The number of aromatic amines is 1. The minimum atomic E-state index is 0.646. The number of fused-ring (bicyclic) bond motifs is 1. The summed E-state index contributed by atoms with van der Waals surface area (Å²) < 4.78 is 5.95. The van der Waals surface area contributed by atoms with E-state index in [2.05, 4.69) is 4.98 Å². The number of halogens is 1. The lowest BCUT2D eigenvalue weighted by atomic mass is 10.2. The first-order valence-corrected chi connectivity index (χ1v) is 4.86. The van der Waals surface area contributed by atoms with Crippen molar-refractivity contribution < 1.29 is 4.74 Å². The molecule has 1 aromatic heterocycles. The fourth-order valence-corrected chi connectivity index (χ4v) is 1.88. The predicted molar refractivity (Wildman–Crippen MR) is 60.7 cm³/mol.